The fourth-order valence-corrected chi connectivity index (χ4v) is 0. The van der Waals surface area contributed by atoms with Crippen molar-refractivity contribution < 1.29 is 9.59 Å². The second-order valence-electron chi connectivity index (χ2n) is 2.52. The summed E-state index contributed by atoms with van der Waals surface area (Å²) in [6.45, 7) is 10.4. The molecular weight excluding hydrogens is 200 g/mol. The van der Waals surface area contributed by atoms with Gasteiger partial charge in [0.15, 0.2) is 0 Å². The molecule has 108 valence electrons. The van der Waals surface area contributed by atoms with Gasteiger partial charge in [0, 0.05) is 0 Å². The van der Waals surface area contributed by atoms with E-state index in [9.17, 15) is 9.59 Å². The van der Waals surface area contributed by atoms with Crippen molar-refractivity contribution in [2.24, 2.45) is 0 Å². The van der Waals surface area contributed by atoms with Crippen LogP contribution in [-0.2, 0) is 9.59 Å². The van der Waals surface area contributed by atoms with Crippen LogP contribution in [-0.4, -0.2) is 11.6 Å². The van der Waals surface area contributed by atoms with Gasteiger partial charge in [0.05, 0.1) is 0 Å². The Bertz CT molecular complexity index is 76.9. The van der Waals surface area contributed by atoms with Crippen molar-refractivity contribution in [3.8, 4) is 0 Å². The zero-order chi connectivity index (χ0) is 9.86. The summed E-state index contributed by atoms with van der Waals surface area (Å²) in [6.07, 6.45) is 1.25. The molecule has 16 heavy (non-hydrogen) atoms. The van der Waals surface area contributed by atoms with Gasteiger partial charge in [-0.15, -0.1) is 0 Å². The normalized spacial score (nSPS) is 4.38. The van der Waals surface area contributed by atoms with Crippen LogP contribution >= 0.6 is 0 Å². The van der Waals surface area contributed by atoms with Gasteiger partial charge in [-0.2, -0.15) is 0 Å². The molecule has 0 rings (SSSR count). The van der Waals surface area contributed by atoms with Crippen molar-refractivity contribution >= 4 is 11.6 Å². The number of hydrogen-bond acceptors (Lipinski definition) is 2. The van der Waals surface area contributed by atoms with Crippen molar-refractivity contribution in [2.75, 3.05) is 0 Å². The van der Waals surface area contributed by atoms with Gasteiger partial charge in [-0.3, -0.25) is 0 Å². The van der Waals surface area contributed by atoms with Gasteiger partial charge in [0.25, 0.3) is 0 Å². The van der Waals surface area contributed by atoms with Gasteiger partial charge in [-0.25, -0.2) is 0 Å². The lowest BCUT2D eigenvalue weighted by Gasteiger charge is -1.56. The summed E-state index contributed by atoms with van der Waals surface area (Å²) in [7, 11) is 0. The van der Waals surface area contributed by atoms with Gasteiger partial charge in [-0.1, -0.05) is 57.4 Å². The molecule has 0 N–H and O–H groups in total. The van der Waals surface area contributed by atoms with E-state index in [4.69, 9.17) is 0 Å². The highest BCUT2D eigenvalue weighted by molar-refractivity contribution is 5.72. The van der Waals surface area contributed by atoms with Crippen molar-refractivity contribution in [3.05, 3.63) is 0 Å². The topological polar surface area (TPSA) is 34.1 Å². The molecule has 0 saturated heterocycles. The zero-order valence-electron chi connectivity index (χ0n) is 8.52. The molecule has 0 spiro atoms. The van der Waals surface area contributed by atoms with E-state index in [0.29, 0.717) is 0 Å². The lowest BCUT2D eigenvalue weighted by Crippen LogP contribution is -1.69. The van der Waals surface area contributed by atoms with E-state index in [2.05, 4.69) is 13.8 Å². The highest BCUT2D eigenvalue weighted by Gasteiger charge is 1.62. The highest BCUT2D eigenvalue weighted by atomic mass is 16.1. The van der Waals surface area contributed by atoms with E-state index in [1.54, 1.807) is 0 Å². The molecule has 2 heteroatoms. The first-order valence-electron chi connectivity index (χ1n) is 3.82. The molecular formula is C14H40O2. The van der Waals surface area contributed by atoms with E-state index in [-0.39, 0.29) is 48.7 Å². The van der Waals surface area contributed by atoms with Crippen LogP contribution in [0.4, 0.5) is 0 Å². The second-order valence-corrected chi connectivity index (χ2v) is 2.52. The number of hydrogen-bond donors (Lipinski definition) is 0. The molecule has 0 amide bonds. The van der Waals surface area contributed by atoms with E-state index in [1.165, 1.54) is 34.1 Å². The molecule has 0 fully saturated rings. The molecule has 0 atom stereocenters. The molecule has 0 saturated carbocycles. The zero-order valence-corrected chi connectivity index (χ0v) is 8.52. The first kappa shape index (κ1) is 58.6. The van der Waals surface area contributed by atoms with Crippen molar-refractivity contribution in [1.29, 1.82) is 0 Å². The van der Waals surface area contributed by atoms with E-state index in [0.717, 1.165) is 0 Å². The van der Waals surface area contributed by atoms with Crippen LogP contribution in [0.25, 0.3) is 0 Å². The third kappa shape index (κ3) is 4660. The van der Waals surface area contributed by atoms with Crippen molar-refractivity contribution in [3.63, 3.8) is 0 Å². The molecule has 0 radical (unpaired) electrons. The van der Waals surface area contributed by atoms with Crippen LogP contribution in [0, 0.1) is 0 Å². The first-order valence-corrected chi connectivity index (χ1v) is 3.82. The molecule has 0 heterocycles. The minimum Gasteiger partial charge on any atom is -0.300 e. The maximum Gasteiger partial charge on any atom is 0.126 e. The highest BCUT2D eigenvalue weighted by Crippen LogP contribution is 1.56. The van der Waals surface area contributed by atoms with E-state index < -0.39 is 0 Å². The summed E-state index contributed by atoms with van der Waals surface area (Å²) in [5, 5.41) is 0. The summed E-state index contributed by atoms with van der Waals surface area (Å²) < 4.78 is 0. The van der Waals surface area contributed by atoms with Gasteiger partial charge >= 0.3 is 0 Å². The van der Waals surface area contributed by atoms with Crippen molar-refractivity contribution in [2.45, 2.75) is 85.1 Å². The number of Topliss-reactive ketones (excluding diaryl/α,β-unsaturated/α-hetero) is 2. The maximum atomic E-state index is 9.44. The van der Waals surface area contributed by atoms with E-state index >= 15 is 0 Å². The number of rotatable bonds is 0. The summed E-state index contributed by atoms with van der Waals surface area (Å²) >= 11 is 0. The van der Waals surface area contributed by atoms with Gasteiger partial charge in [0.2, 0.25) is 0 Å². The van der Waals surface area contributed by atoms with Crippen LogP contribution in [0.2, 0.25) is 0 Å². The van der Waals surface area contributed by atoms with Crippen LogP contribution < -0.4 is 0 Å². The average molecular weight is 240 g/mol. The molecule has 0 aliphatic rings. The number of carbonyl (C=O) groups is 2. The van der Waals surface area contributed by atoms with Crippen LogP contribution in [0.1, 0.15) is 85.1 Å². The van der Waals surface area contributed by atoms with Gasteiger partial charge < -0.3 is 9.59 Å². The third-order valence-electron chi connectivity index (χ3n) is 0. The Hall–Kier alpha value is -0.660. The standard InChI is InChI=1S/2C3H6O.C3H8.5CH4/c2*1-3(2)4;1-3-2;;;;;/h2*1-2H3;3H2,1-2H3;5*1H4. The van der Waals surface area contributed by atoms with Crippen LogP contribution in [0.15, 0.2) is 0 Å². The number of carbonyl (C=O) groups excluding carboxylic acids is 2. The smallest absolute Gasteiger partial charge is 0.126 e. The SMILES string of the molecule is C.C.C.C.C.CC(C)=O.CC(C)=O.CCC. The molecule has 0 aromatic heterocycles. The minimum absolute atomic E-state index is 0. The monoisotopic (exact) mass is 240 g/mol. The molecule has 0 bridgehead atoms. The summed E-state index contributed by atoms with van der Waals surface area (Å²) in [5.74, 6) is 0.333. The Morgan fingerprint density at radius 2 is 0.625 bits per heavy atom. The van der Waals surface area contributed by atoms with Gasteiger partial charge in [-0.05, 0) is 27.7 Å². The molecule has 0 unspecified atom stereocenters. The summed E-state index contributed by atoms with van der Waals surface area (Å²) in [5.41, 5.74) is 0. The summed E-state index contributed by atoms with van der Waals surface area (Å²) in [4.78, 5) is 18.9. The minimum atomic E-state index is 0. The average Bonchev–Trinajstić information content (AvgIpc) is 1.60. The fraction of sp³-hybridized carbons (Fsp3) is 0.857. The van der Waals surface area contributed by atoms with Gasteiger partial charge in [0.1, 0.15) is 11.6 Å². The predicted molar refractivity (Wildman–Crippen MR) is 82.3 cm³/mol. The Morgan fingerprint density at radius 3 is 0.625 bits per heavy atom. The molecule has 2 nitrogen and oxygen atoms in total. The van der Waals surface area contributed by atoms with Crippen molar-refractivity contribution in [1.82, 2.24) is 0 Å². The Morgan fingerprint density at radius 1 is 0.625 bits per heavy atom. The maximum absolute atomic E-state index is 9.44. The molecule has 0 aliphatic heterocycles. The first-order chi connectivity index (χ1) is 4.88. The second kappa shape index (κ2) is 63.5. The largest absolute Gasteiger partial charge is 0.300 e. The Labute approximate surface area is 107 Å². The fourth-order valence-electron chi connectivity index (χ4n) is 0. The lowest BCUT2D eigenvalue weighted by molar-refractivity contribution is -0.115. The van der Waals surface area contributed by atoms with Crippen LogP contribution in [0.3, 0.4) is 0 Å². The Kier molecular flexibility index (Phi) is 232. The number of ketones is 2. The summed E-state index contributed by atoms with van der Waals surface area (Å²) in [6, 6.07) is 0. The molecule has 0 aromatic rings. The third-order valence-corrected chi connectivity index (χ3v) is 0. The van der Waals surface area contributed by atoms with Crippen LogP contribution in [0.5, 0.6) is 0 Å². The molecule has 0 aromatic carbocycles. The Balaban J connectivity index is -0.00000000872. The predicted octanol–water partition coefficient (Wildman–Crippen LogP) is 5.79. The quantitative estimate of drug-likeness (QED) is 0.537. The lowest BCUT2D eigenvalue weighted by atomic mass is 10.6. The molecule has 0 aliphatic carbocycles. The van der Waals surface area contributed by atoms with E-state index in [1.807, 2.05) is 0 Å².